The van der Waals surface area contributed by atoms with E-state index < -0.39 is 11.6 Å². The number of hydrogen-bond acceptors (Lipinski definition) is 4. The Morgan fingerprint density at radius 1 is 0.741 bits per heavy atom. The van der Waals surface area contributed by atoms with Crippen molar-refractivity contribution in [3.05, 3.63) is 56.3 Å². The van der Waals surface area contributed by atoms with Crippen LogP contribution in [0.1, 0.15) is 11.1 Å². The van der Waals surface area contributed by atoms with Crippen molar-refractivity contribution < 1.29 is 8.78 Å². The van der Waals surface area contributed by atoms with Gasteiger partial charge in [0.2, 0.25) is 0 Å². The normalized spacial score (nSPS) is 13.4. The van der Waals surface area contributed by atoms with E-state index in [0.29, 0.717) is 32.4 Å². The van der Waals surface area contributed by atoms with E-state index >= 15 is 0 Å². The van der Waals surface area contributed by atoms with E-state index in [0.717, 1.165) is 0 Å². The van der Waals surface area contributed by atoms with Crippen LogP contribution in [0.25, 0.3) is 0 Å². The smallest absolute Gasteiger partial charge is 0.130 e. The predicted octanol–water partition coefficient (Wildman–Crippen LogP) is -3.96. The van der Waals surface area contributed by atoms with E-state index in [-0.39, 0.29) is 30.9 Å². The average Bonchev–Trinajstić information content (AvgIpc) is 3.30. The highest BCUT2D eigenvalue weighted by atomic mass is 19.1. The first-order valence-corrected chi connectivity index (χ1v) is 8.31. The van der Waals surface area contributed by atoms with Gasteiger partial charge in [-0.05, 0) is 12.1 Å². The Morgan fingerprint density at radius 3 is 1.56 bits per heavy atom. The summed E-state index contributed by atoms with van der Waals surface area (Å²) >= 11 is 0. The van der Waals surface area contributed by atoms with Crippen molar-refractivity contribution in [2.75, 3.05) is 13.3 Å². The summed E-state index contributed by atoms with van der Waals surface area (Å²) in [5, 5.41) is 1.98. The quantitative estimate of drug-likeness (QED) is 0.479. The van der Waals surface area contributed by atoms with Crippen molar-refractivity contribution in [2.24, 2.45) is 20.0 Å². The van der Waals surface area contributed by atoms with Gasteiger partial charge < -0.3 is 0 Å². The van der Waals surface area contributed by atoms with Gasteiger partial charge in [0.05, 0.1) is 35.8 Å². The summed E-state index contributed by atoms with van der Waals surface area (Å²) in [6.45, 7) is 0.412. The molecular formula is C15H8B6F2N4. The molecule has 0 N–H and O–H groups in total. The summed E-state index contributed by atoms with van der Waals surface area (Å²) in [7, 11) is 16.6. The lowest BCUT2D eigenvalue weighted by molar-refractivity contribution is 0.595. The zero-order valence-electron chi connectivity index (χ0n) is 14.3. The molecule has 8 radical (unpaired) electrons. The number of hydrogen-bond donors (Lipinski definition) is 0. The lowest BCUT2D eigenvalue weighted by Crippen LogP contribution is -2.47. The fourth-order valence-corrected chi connectivity index (χ4v) is 3.37. The standard InChI is InChI=1S/C15H8B6F2N4/c16-20-18-8-2-10(22)6(12-14(8)26-4-24-12)1-7-11(23)3-9(19-21-17)15-13(7)25-5-27-15/h2-3H,1,4-5H2. The second-order valence-electron chi connectivity index (χ2n) is 6.06. The zero-order chi connectivity index (χ0) is 19.0. The molecule has 0 aromatic heterocycles. The van der Waals surface area contributed by atoms with Crippen molar-refractivity contribution in [1.82, 2.24) is 0 Å². The van der Waals surface area contributed by atoms with Gasteiger partial charge in [-0.1, -0.05) is 10.9 Å². The molecular weight excluding hydrogens is 339 g/mol. The van der Waals surface area contributed by atoms with E-state index in [1.165, 1.54) is 26.3 Å². The van der Waals surface area contributed by atoms with Gasteiger partial charge in [0.1, 0.15) is 25.0 Å². The molecule has 0 amide bonds. The average molecular weight is 347 g/mol. The summed E-state index contributed by atoms with van der Waals surface area (Å²) < 4.78 is 29.6. The van der Waals surface area contributed by atoms with Gasteiger partial charge in [-0.2, -0.15) is 0 Å². The Bertz CT molecular complexity index is 1080. The van der Waals surface area contributed by atoms with E-state index in [1.807, 2.05) is 0 Å². The van der Waals surface area contributed by atoms with Gasteiger partial charge in [-0.15, -0.1) is 0 Å². The third-order valence-corrected chi connectivity index (χ3v) is 4.53. The molecule has 2 aromatic rings. The minimum Gasteiger partial charge on any atom is -0.260 e. The number of fused-ring (bicyclic) bond motifs is 2. The summed E-state index contributed by atoms with van der Waals surface area (Å²) in [4.78, 5) is 17.2. The van der Waals surface area contributed by atoms with E-state index in [2.05, 4.69) is 20.0 Å². The van der Waals surface area contributed by atoms with Crippen molar-refractivity contribution >= 4 is 54.9 Å². The van der Waals surface area contributed by atoms with E-state index in [1.54, 1.807) is 14.3 Å². The molecule has 0 saturated heterocycles. The first-order valence-electron chi connectivity index (χ1n) is 8.31. The molecule has 0 unspecified atom stereocenters. The van der Waals surface area contributed by atoms with Crippen molar-refractivity contribution in [3.63, 3.8) is 0 Å². The fraction of sp³-hybridized carbons (Fsp3) is 0.200. The van der Waals surface area contributed by atoms with Crippen LogP contribution in [-0.2, 0) is 6.42 Å². The minimum atomic E-state index is -0.489. The summed E-state index contributed by atoms with van der Waals surface area (Å²) in [5.41, 5.74) is 1.66. The van der Waals surface area contributed by atoms with Crippen LogP contribution in [0.15, 0.2) is 32.1 Å². The predicted molar refractivity (Wildman–Crippen MR) is 104 cm³/mol. The summed E-state index contributed by atoms with van der Waals surface area (Å²) in [6, 6.07) is 2.68. The summed E-state index contributed by atoms with van der Waals surface area (Å²) in [5.74, 6) is -0.978. The van der Waals surface area contributed by atoms with Crippen molar-refractivity contribution in [1.29, 1.82) is 0 Å². The van der Waals surface area contributed by atoms with E-state index in [9.17, 15) is 8.78 Å². The van der Waals surface area contributed by atoms with Gasteiger partial charge in [0.25, 0.3) is 0 Å². The molecule has 4 rings (SSSR count). The second-order valence-corrected chi connectivity index (χ2v) is 6.06. The monoisotopic (exact) mass is 348 g/mol. The molecule has 2 aliphatic rings. The maximum absolute atomic E-state index is 14.8. The number of nitrogens with zero attached hydrogens (tertiary/aromatic N) is 4. The highest BCUT2D eigenvalue weighted by Crippen LogP contribution is 2.09. The third-order valence-electron chi connectivity index (χ3n) is 4.53. The maximum atomic E-state index is 14.8. The van der Waals surface area contributed by atoms with E-state index in [4.69, 9.17) is 15.5 Å². The lowest BCUT2D eigenvalue weighted by atomic mass is 9.26. The van der Waals surface area contributed by atoms with Gasteiger partial charge in [-0.25, -0.2) is 8.78 Å². The molecule has 120 valence electrons. The Morgan fingerprint density at radius 2 is 1.15 bits per heavy atom. The molecule has 2 heterocycles. The van der Waals surface area contributed by atoms with Crippen LogP contribution in [0.4, 0.5) is 8.78 Å². The fourth-order valence-electron chi connectivity index (χ4n) is 3.37. The topological polar surface area (TPSA) is 49.4 Å². The van der Waals surface area contributed by atoms with Gasteiger partial charge >= 0.3 is 0 Å². The van der Waals surface area contributed by atoms with Gasteiger partial charge in [0, 0.05) is 47.1 Å². The largest absolute Gasteiger partial charge is 0.260 e. The number of benzene rings is 2. The highest BCUT2D eigenvalue weighted by Gasteiger charge is 2.19. The number of rotatable bonds is 6. The number of halogens is 2. The van der Waals surface area contributed by atoms with Crippen LogP contribution >= 0.6 is 0 Å². The molecule has 0 spiro atoms. The van der Waals surface area contributed by atoms with Crippen LogP contribution in [0.3, 0.4) is 0 Å². The Hall–Kier alpha value is -2.11. The molecule has 2 aromatic carbocycles. The maximum Gasteiger partial charge on any atom is 0.130 e. The van der Waals surface area contributed by atoms with Crippen molar-refractivity contribution in [3.8, 4) is 0 Å². The Balaban J connectivity index is 1.87. The molecule has 2 aliphatic heterocycles. The molecule has 0 saturated carbocycles. The lowest BCUT2D eigenvalue weighted by Gasteiger charge is -2.09. The van der Waals surface area contributed by atoms with Crippen LogP contribution in [0.2, 0.25) is 0 Å². The van der Waals surface area contributed by atoms with Crippen LogP contribution in [-0.4, -0.2) is 57.3 Å². The Kier molecular flexibility index (Phi) is 5.06. The minimum absolute atomic E-state index is 0.000385. The third kappa shape index (κ3) is 3.19. The molecule has 0 fully saturated rings. The molecule has 27 heavy (non-hydrogen) atoms. The molecule has 12 heteroatoms. The van der Waals surface area contributed by atoms with Crippen LogP contribution in [0.5, 0.6) is 0 Å². The molecule has 0 aliphatic carbocycles. The van der Waals surface area contributed by atoms with Gasteiger partial charge in [-0.3, -0.25) is 20.0 Å². The van der Waals surface area contributed by atoms with Crippen LogP contribution < -0.4 is 32.4 Å². The zero-order valence-corrected chi connectivity index (χ0v) is 14.3. The van der Waals surface area contributed by atoms with Gasteiger partial charge in [0.15, 0.2) is 0 Å². The second kappa shape index (κ2) is 7.49. The molecule has 4 nitrogen and oxygen atoms in total. The first-order chi connectivity index (χ1) is 13.1. The SMILES string of the molecule is [B][B][B]c1cc(F)c(Cc2c(F)cc([B][B][B])c3c2=NCN=3)c2c1=NCN=2. The van der Waals surface area contributed by atoms with Crippen LogP contribution in [0, 0.1) is 11.6 Å². The van der Waals surface area contributed by atoms with Crippen molar-refractivity contribution in [2.45, 2.75) is 6.42 Å². The molecule has 0 bridgehead atoms. The summed E-state index contributed by atoms with van der Waals surface area (Å²) in [6.07, 6.45) is -0.000385. The highest BCUT2D eigenvalue weighted by molar-refractivity contribution is 7.28. The first kappa shape index (κ1) is 18.3. The molecule has 0 atom stereocenters. The Labute approximate surface area is 160 Å².